The highest BCUT2D eigenvalue weighted by atomic mass is 16.4. The standard InChI is InChI=1S/C22H26N2O4/c25-20(15-24-11-5-1-2-8-21(24)26)23-14-19(22(27)28)13-16-9-10-17-6-3-4-7-18(17)12-16/h3-4,6-7,9-10,12,19H,1-2,5,8,11,13-15H2,(H,23,25)(H,27,28). The van der Waals surface area contributed by atoms with E-state index in [0.29, 0.717) is 19.4 Å². The maximum absolute atomic E-state index is 12.2. The van der Waals surface area contributed by atoms with Gasteiger partial charge in [-0.25, -0.2) is 0 Å². The summed E-state index contributed by atoms with van der Waals surface area (Å²) in [5.74, 6) is -1.97. The first-order chi connectivity index (χ1) is 13.5. The second-order valence-corrected chi connectivity index (χ2v) is 7.35. The number of aliphatic carboxylic acids is 1. The Morgan fingerprint density at radius 1 is 1.07 bits per heavy atom. The average molecular weight is 382 g/mol. The molecule has 1 atom stereocenters. The summed E-state index contributed by atoms with van der Waals surface area (Å²) in [4.78, 5) is 37.4. The first-order valence-corrected chi connectivity index (χ1v) is 9.78. The maximum atomic E-state index is 12.2. The predicted molar refractivity (Wildman–Crippen MR) is 107 cm³/mol. The molecule has 1 unspecified atom stereocenters. The molecule has 1 heterocycles. The van der Waals surface area contributed by atoms with Crippen LogP contribution in [0.25, 0.3) is 10.8 Å². The Kier molecular flexibility index (Phi) is 6.63. The largest absolute Gasteiger partial charge is 0.481 e. The molecule has 1 fully saturated rings. The summed E-state index contributed by atoms with van der Waals surface area (Å²) in [5.41, 5.74) is 0.919. The summed E-state index contributed by atoms with van der Waals surface area (Å²) in [6.45, 7) is 0.635. The molecule has 0 radical (unpaired) electrons. The van der Waals surface area contributed by atoms with Crippen LogP contribution in [-0.4, -0.2) is 47.4 Å². The van der Waals surface area contributed by atoms with Crippen LogP contribution in [0.3, 0.4) is 0 Å². The van der Waals surface area contributed by atoms with Gasteiger partial charge in [-0.15, -0.1) is 0 Å². The van der Waals surface area contributed by atoms with Crippen molar-refractivity contribution in [2.24, 2.45) is 5.92 Å². The number of carboxylic acids is 1. The van der Waals surface area contributed by atoms with Crippen LogP contribution in [0.15, 0.2) is 42.5 Å². The molecule has 6 heteroatoms. The summed E-state index contributed by atoms with van der Waals surface area (Å²) in [5, 5.41) is 14.4. The Labute approximate surface area is 164 Å². The fourth-order valence-corrected chi connectivity index (χ4v) is 3.57. The van der Waals surface area contributed by atoms with Crippen molar-refractivity contribution in [3.8, 4) is 0 Å². The number of likely N-dealkylation sites (tertiary alicyclic amines) is 1. The van der Waals surface area contributed by atoms with Gasteiger partial charge in [-0.05, 0) is 35.6 Å². The summed E-state index contributed by atoms with van der Waals surface area (Å²) in [7, 11) is 0. The number of hydrogen-bond donors (Lipinski definition) is 2. The molecule has 0 aliphatic carbocycles. The summed E-state index contributed by atoms with van der Waals surface area (Å²) in [6, 6.07) is 13.8. The van der Waals surface area contributed by atoms with Gasteiger partial charge >= 0.3 is 5.97 Å². The van der Waals surface area contributed by atoms with Gasteiger partial charge < -0.3 is 15.3 Å². The van der Waals surface area contributed by atoms with Crippen LogP contribution in [0.1, 0.15) is 31.2 Å². The Hall–Kier alpha value is -2.89. The van der Waals surface area contributed by atoms with Gasteiger partial charge in [0, 0.05) is 19.5 Å². The molecule has 1 aliphatic heterocycles. The summed E-state index contributed by atoms with van der Waals surface area (Å²) >= 11 is 0. The second-order valence-electron chi connectivity index (χ2n) is 7.35. The first-order valence-electron chi connectivity index (χ1n) is 9.78. The van der Waals surface area contributed by atoms with E-state index in [1.807, 2.05) is 42.5 Å². The molecule has 3 rings (SSSR count). The SMILES string of the molecule is O=C(CN1CCCCCC1=O)NCC(Cc1ccc2ccccc2c1)C(=O)O. The molecule has 2 N–H and O–H groups in total. The van der Waals surface area contributed by atoms with Crippen molar-refractivity contribution in [2.75, 3.05) is 19.6 Å². The monoisotopic (exact) mass is 382 g/mol. The fraction of sp³-hybridized carbons (Fsp3) is 0.409. The number of nitrogens with one attached hydrogen (secondary N) is 1. The number of rotatable bonds is 7. The number of carboxylic acid groups (broad SMARTS) is 1. The van der Waals surface area contributed by atoms with Gasteiger partial charge in [-0.1, -0.05) is 48.9 Å². The third-order valence-corrected chi connectivity index (χ3v) is 5.20. The van der Waals surface area contributed by atoms with Gasteiger partial charge in [0.2, 0.25) is 11.8 Å². The van der Waals surface area contributed by atoms with Crippen molar-refractivity contribution in [1.82, 2.24) is 10.2 Å². The van der Waals surface area contributed by atoms with Crippen LogP contribution in [-0.2, 0) is 20.8 Å². The predicted octanol–water partition coefficient (Wildman–Crippen LogP) is 2.60. The Morgan fingerprint density at radius 2 is 1.86 bits per heavy atom. The van der Waals surface area contributed by atoms with Gasteiger partial charge in [0.1, 0.15) is 0 Å². The summed E-state index contributed by atoms with van der Waals surface area (Å²) < 4.78 is 0. The lowest BCUT2D eigenvalue weighted by Crippen LogP contribution is -2.42. The fourth-order valence-electron chi connectivity index (χ4n) is 3.57. The highest BCUT2D eigenvalue weighted by Crippen LogP contribution is 2.18. The highest BCUT2D eigenvalue weighted by Gasteiger charge is 2.22. The number of nitrogens with zero attached hydrogens (tertiary/aromatic N) is 1. The van der Waals surface area contributed by atoms with Crippen molar-refractivity contribution >= 4 is 28.6 Å². The van der Waals surface area contributed by atoms with E-state index in [0.717, 1.165) is 35.6 Å². The van der Waals surface area contributed by atoms with Crippen molar-refractivity contribution in [3.63, 3.8) is 0 Å². The summed E-state index contributed by atoms with van der Waals surface area (Å²) in [6.07, 6.45) is 3.58. The van der Waals surface area contributed by atoms with E-state index in [-0.39, 0.29) is 24.9 Å². The van der Waals surface area contributed by atoms with Gasteiger partial charge in [-0.2, -0.15) is 0 Å². The van der Waals surface area contributed by atoms with Crippen molar-refractivity contribution < 1.29 is 19.5 Å². The molecule has 28 heavy (non-hydrogen) atoms. The van der Waals surface area contributed by atoms with Gasteiger partial charge in [0.15, 0.2) is 0 Å². The molecule has 2 amide bonds. The Morgan fingerprint density at radius 3 is 2.64 bits per heavy atom. The molecule has 0 aromatic heterocycles. The maximum Gasteiger partial charge on any atom is 0.308 e. The number of carbonyl (C=O) groups excluding carboxylic acids is 2. The third kappa shape index (κ3) is 5.31. The molecule has 1 aliphatic rings. The van der Waals surface area contributed by atoms with Crippen LogP contribution >= 0.6 is 0 Å². The number of amides is 2. The molecule has 0 bridgehead atoms. The molecule has 2 aromatic carbocycles. The van der Waals surface area contributed by atoms with E-state index < -0.39 is 11.9 Å². The van der Waals surface area contributed by atoms with E-state index in [1.54, 1.807) is 4.90 Å². The van der Waals surface area contributed by atoms with E-state index in [1.165, 1.54) is 0 Å². The average Bonchev–Trinajstić information content (AvgIpc) is 2.89. The van der Waals surface area contributed by atoms with Gasteiger partial charge in [0.05, 0.1) is 12.5 Å². The number of benzene rings is 2. The Balaban J connectivity index is 1.57. The smallest absolute Gasteiger partial charge is 0.308 e. The van der Waals surface area contributed by atoms with E-state index >= 15 is 0 Å². The topological polar surface area (TPSA) is 86.7 Å². The van der Waals surface area contributed by atoms with Crippen LogP contribution in [0.4, 0.5) is 0 Å². The van der Waals surface area contributed by atoms with E-state index in [9.17, 15) is 19.5 Å². The lowest BCUT2D eigenvalue weighted by atomic mass is 9.97. The molecule has 2 aromatic rings. The minimum Gasteiger partial charge on any atom is -0.481 e. The zero-order valence-electron chi connectivity index (χ0n) is 15.9. The van der Waals surface area contributed by atoms with Crippen molar-refractivity contribution in [2.45, 2.75) is 32.1 Å². The normalized spacial score (nSPS) is 15.9. The molecule has 0 saturated carbocycles. The van der Waals surface area contributed by atoms with Crippen LogP contribution in [0.5, 0.6) is 0 Å². The number of carbonyl (C=O) groups is 3. The number of hydrogen-bond acceptors (Lipinski definition) is 3. The second kappa shape index (κ2) is 9.35. The van der Waals surface area contributed by atoms with Gasteiger partial charge in [0.25, 0.3) is 0 Å². The third-order valence-electron chi connectivity index (χ3n) is 5.20. The quantitative estimate of drug-likeness (QED) is 0.771. The highest BCUT2D eigenvalue weighted by molar-refractivity contribution is 5.85. The molecule has 6 nitrogen and oxygen atoms in total. The molecule has 1 saturated heterocycles. The van der Waals surface area contributed by atoms with Gasteiger partial charge in [-0.3, -0.25) is 14.4 Å². The molecular formula is C22H26N2O4. The lowest BCUT2D eigenvalue weighted by molar-refractivity contribution is -0.142. The van der Waals surface area contributed by atoms with Crippen LogP contribution < -0.4 is 5.32 Å². The zero-order valence-corrected chi connectivity index (χ0v) is 15.9. The van der Waals surface area contributed by atoms with Crippen LogP contribution in [0, 0.1) is 5.92 Å². The lowest BCUT2D eigenvalue weighted by Gasteiger charge is -2.20. The minimum atomic E-state index is -0.945. The minimum absolute atomic E-state index is 0.00114. The van der Waals surface area contributed by atoms with E-state index in [4.69, 9.17) is 0 Å². The van der Waals surface area contributed by atoms with E-state index in [2.05, 4.69) is 5.32 Å². The molecular weight excluding hydrogens is 356 g/mol. The zero-order chi connectivity index (χ0) is 19.9. The molecule has 148 valence electrons. The first kappa shape index (κ1) is 19.9. The Bertz CT molecular complexity index is 864. The van der Waals surface area contributed by atoms with Crippen molar-refractivity contribution in [1.29, 1.82) is 0 Å². The molecule has 0 spiro atoms. The number of fused-ring (bicyclic) bond motifs is 1. The van der Waals surface area contributed by atoms with Crippen molar-refractivity contribution in [3.05, 3.63) is 48.0 Å². The van der Waals surface area contributed by atoms with Crippen LogP contribution in [0.2, 0.25) is 0 Å².